The van der Waals surface area contributed by atoms with Crippen molar-refractivity contribution in [1.29, 1.82) is 0 Å². The van der Waals surface area contributed by atoms with Crippen LogP contribution >= 0.6 is 0 Å². The minimum Gasteiger partial charge on any atom is -0.375 e. The van der Waals surface area contributed by atoms with E-state index in [4.69, 9.17) is 10.5 Å². The molecule has 2 N–H and O–H groups in total. The summed E-state index contributed by atoms with van der Waals surface area (Å²) in [6.45, 7) is 12.0. The molecule has 3 heteroatoms. The molecule has 0 aromatic heterocycles. The van der Waals surface area contributed by atoms with Crippen molar-refractivity contribution in [1.82, 2.24) is 4.90 Å². The van der Waals surface area contributed by atoms with Crippen molar-refractivity contribution in [2.75, 3.05) is 19.7 Å². The van der Waals surface area contributed by atoms with Crippen molar-refractivity contribution in [3.8, 4) is 0 Å². The molecule has 0 radical (unpaired) electrons. The molecule has 1 aromatic rings. The maximum absolute atomic E-state index is 5.86. The van der Waals surface area contributed by atoms with Crippen LogP contribution in [-0.2, 0) is 17.8 Å². The van der Waals surface area contributed by atoms with E-state index in [2.05, 4.69) is 56.9 Å². The highest BCUT2D eigenvalue weighted by molar-refractivity contribution is 5.26. The van der Waals surface area contributed by atoms with Gasteiger partial charge in [0, 0.05) is 18.6 Å². The third-order valence-electron chi connectivity index (χ3n) is 3.61. The van der Waals surface area contributed by atoms with Gasteiger partial charge in [-0.1, -0.05) is 24.3 Å². The Labute approximate surface area is 124 Å². The number of nitrogens with two attached hydrogens (primary N) is 1. The van der Waals surface area contributed by atoms with Crippen molar-refractivity contribution < 1.29 is 4.74 Å². The zero-order chi connectivity index (χ0) is 15.0. The Hall–Kier alpha value is -0.900. The Balaban J connectivity index is 2.41. The number of hydrogen-bond acceptors (Lipinski definition) is 3. The molecule has 1 aromatic carbocycles. The van der Waals surface area contributed by atoms with Crippen LogP contribution in [0.3, 0.4) is 0 Å². The predicted octanol–water partition coefficient (Wildman–Crippen LogP) is 2.82. The smallest absolute Gasteiger partial charge is 0.0720 e. The van der Waals surface area contributed by atoms with E-state index in [1.54, 1.807) is 0 Å². The normalized spacial score (nSPS) is 11.8. The van der Waals surface area contributed by atoms with E-state index in [-0.39, 0.29) is 0 Å². The van der Waals surface area contributed by atoms with Gasteiger partial charge in [-0.2, -0.15) is 0 Å². The van der Waals surface area contributed by atoms with Gasteiger partial charge in [0.05, 0.1) is 13.2 Å². The Morgan fingerprint density at radius 2 is 1.65 bits per heavy atom. The van der Waals surface area contributed by atoms with Crippen LogP contribution in [0.2, 0.25) is 0 Å². The second-order valence-electron chi connectivity index (χ2n) is 5.79. The maximum atomic E-state index is 5.86. The van der Waals surface area contributed by atoms with E-state index in [0.717, 1.165) is 19.6 Å². The Morgan fingerprint density at radius 1 is 1.05 bits per heavy atom. The Bertz CT molecular complexity index is 369. The van der Waals surface area contributed by atoms with Crippen molar-refractivity contribution in [3.63, 3.8) is 0 Å². The van der Waals surface area contributed by atoms with Gasteiger partial charge in [0.15, 0.2) is 0 Å². The lowest BCUT2D eigenvalue weighted by Crippen LogP contribution is -2.39. The molecule has 0 fully saturated rings. The van der Waals surface area contributed by atoms with Crippen LogP contribution in [0.5, 0.6) is 0 Å². The van der Waals surface area contributed by atoms with E-state index in [1.807, 2.05) is 0 Å². The summed E-state index contributed by atoms with van der Waals surface area (Å²) in [6, 6.07) is 9.51. The molecule has 0 aliphatic carbocycles. The van der Waals surface area contributed by atoms with Crippen LogP contribution in [0.15, 0.2) is 24.3 Å². The summed E-state index contributed by atoms with van der Waals surface area (Å²) in [5, 5.41) is 0. The third kappa shape index (κ3) is 5.61. The topological polar surface area (TPSA) is 38.5 Å². The quantitative estimate of drug-likeness (QED) is 0.706. The summed E-state index contributed by atoms with van der Waals surface area (Å²) >= 11 is 0. The summed E-state index contributed by atoms with van der Waals surface area (Å²) in [4.78, 5) is 2.45. The monoisotopic (exact) mass is 278 g/mol. The second-order valence-corrected chi connectivity index (χ2v) is 5.79. The average molecular weight is 278 g/mol. The van der Waals surface area contributed by atoms with Crippen molar-refractivity contribution in [3.05, 3.63) is 35.4 Å². The molecule has 114 valence electrons. The number of benzene rings is 1. The van der Waals surface area contributed by atoms with Crippen molar-refractivity contribution >= 4 is 0 Å². The fourth-order valence-corrected chi connectivity index (χ4v) is 2.56. The number of nitrogens with zero attached hydrogens (tertiary/aromatic N) is 1. The van der Waals surface area contributed by atoms with Crippen LogP contribution in [0, 0.1) is 0 Å². The zero-order valence-electron chi connectivity index (χ0n) is 13.4. The van der Waals surface area contributed by atoms with Crippen molar-refractivity contribution in [2.24, 2.45) is 5.73 Å². The fraction of sp³-hybridized carbons (Fsp3) is 0.647. The van der Waals surface area contributed by atoms with Crippen molar-refractivity contribution in [2.45, 2.75) is 52.8 Å². The molecule has 1 rings (SSSR count). The molecule has 3 nitrogen and oxygen atoms in total. The first-order valence-corrected chi connectivity index (χ1v) is 7.66. The average Bonchev–Trinajstić information content (AvgIpc) is 2.39. The third-order valence-corrected chi connectivity index (χ3v) is 3.61. The van der Waals surface area contributed by atoms with E-state index < -0.39 is 0 Å². The van der Waals surface area contributed by atoms with Crippen LogP contribution in [0.25, 0.3) is 0 Å². The molecular formula is C17H30N2O. The van der Waals surface area contributed by atoms with Gasteiger partial charge in [-0.25, -0.2) is 0 Å². The van der Waals surface area contributed by atoms with Crippen LogP contribution in [0.1, 0.15) is 38.8 Å². The lowest BCUT2D eigenvalue weighted by molar-refractivity contribution is 0.0697. The van der Waals surface area contributed by atoms with E-state index in [0.29, 0.717) is 25.2 Å². The Morgan fingerprint density at radius 3 is 2.20 bits per heavy atom. The van der Waals surface area contributed by atoms with Crippen LogP contribution < -0.4 is 5.73 Å². The standard InChI is InChI=1S/C17H30N2O/c1-14(2)19(15(3)4)11-12-20-13-17-8-6-5-7-16(17)9-10-18/h5-8,14-15H,9-13,18H2,1-4H3. The first-order valence-electron chi connectivity index (χ1n) is 7.66. The lowest BCUT2D eigenvalue weighted by Gasteiger charge is -2.30. The number of ether oxygens (including phenoxy) is 1. The largest absolute Gasteiger partial charge is 0.375 e. The molecule has 0 spiro atoms. The molecule has 0 saturated heterocycles. The van der Waals surface area contributed by atoms with Gasteiger partial charge in [0.2, 0.25) is 0 Å². The van der Waals surface area contributed by atoms with Gasteiger partial charge >= 0.3 is 0 Å². The molecule has 20 heavy (non-hydrogen) atoms. The molecule has 0 heterocycles. The van der Waals surface area contributed by atoms with Crippen LogP contribution in [0.4, 0.5) is 0 Å². The van der Waals surface area contributed by atoms with Gasteiger partial charge in [-0.05, 0) is 51.8 Å². The van der Waals surface area contributed by atoms with Gasteiger partial charge < -0.3 is 10.5 Å². The highest BCUT2D eigenvalue weighted by Gasteiger charge is 2.12. The highest BCUT2D eigenvalue weighted by atomic mass is 16.5. The molecule has 0 bridgehead atoms. The highest BCUT2D eigenvalue weighted by Crippen LogP contribution is 2.11. The van der Waals surface area contributed by atoms with Gasteiger partial charge in [0.25, 0.3) is 0 Å². The molecule has 0 unspecified atom stereocenters. The summed E-state index contributed by atoms with van der Waals surface area (Å²) in [5.41, 5.74) is 8.21. The maximum Gasteiger partial charge on any atom is 0.0720 e. The molecule has 0 atom stereocenters. The van der Waals surface area contributed by atoms with Gasteiger partial charge in [0.1, 0.15) is 0 Å². The van der Waals surface area contributed by atoms with E-state index in [1.165, 1.54) is 11.1 Å². The zero-order valence-corrected chi connectivity index (χ0v) is 13.4. The lowest BCUT2D eigenvalue weighted by atomic mass is 10.1. The van der Waals surface area contributed by atoms with E-state index in [9.17, 15) is 0 Å². The SMILES string of the molecule is CC(C)N(CCOCc1ccccc1CCN)C(C)C. The first-order chi connectivity index (χ1) is 9.56. The summed E-state index contributed by atoms with van der Waals surface area (Å²) in [7, 11) is 0. The number of rotatable bonds is 9. The Kier molecular flexibility index (Phi) is 7.82. The fourth-order valence-electron chi connectivity index (χ4n) is 2.56. The van der Waals surface area contributed by atoms with E-state index >= 15 is 0 Å². The number of hydrogen-bond donors (Lipinski definition) is 1. The summed E-state index contributed by atoms with van der Waals surface area (Å²) in [5.74, 6) is 0. The van der Waals surface area contributed by atoms with Gasteiger partial charge in [-0.15, -0.1) is 0 Å². The summed E-state index contributed by atoms with van der Waals surface area (Å²) in [6.07, 6.45) is 0.920. The molecule has 0 aliphatic rings. The molecule has 0 saturated carbocycles. The molecular weight excluding hydrogens is 248 g/mol. The van der Waals surface area contributed by atoms with Gasteiger partial charge in [-0.3, -0.25) is 4.90 Å². The minimum atomic E-state index is 0.558. The second kappa shape index (κ2) is 9.11. The minimum absolute atomic E-state index is 0.558. The summed E-state index contributed by atoms with van der Waals surface area (Å²) < 4.78 is 5.86. The molecule has 0 amide bonds. The first kappa shape index (κ1) is 17.2. The van der Waals surface area contributed by atoms with Crippen LogP contribution in [-0.4, -0.2) is 36.7 Å². The predicted molar refractivity (Wildman–Crippen MR) is 85.8 cm³/mol. The molecule has 0 aliphatic heterocycles.